The van der Waals surface area contributed by atoms with Gasteiger partial charge in [0.1, 0.15) is 5.82 Å². The Morgan fingerprint density at radius 3 is 2.56 bits per heavy atom. The van der Waals surface area contributed by atoms with Crippen molar-refractivity contribution in [3.63, 3.8) is 0 Å². The summed E-state index contributed by atoms with van der Waals surface area (Å²) < 4.78 is 13.1. The zero-order chi connectivity index (χ0) is 12.1. The van der Waals surface area contributed by atoms with Gasteiger partial charge in [0.2, 0.25) is 0 Å². The molecule has 0 saturated carbocycles. The van der Waals surface area contributed by atoms with E-state index in [0.717, 1.165) is 16.1 Å². The van der Waals surface area contributed by atoms with Crippen molar-refractivity contribution in [2.45, 2.75) is 13.8 Å². The highest BCUT2D eigenvalue weighted by Gasteiger charge is 1.92. The lowest BCUT2D eigenvalue weighted by Gasteiger charge is -2.03. The summed E-state index contributed by atoms with van der Waals surface area (Å²) in [7, 11) is 0. The molecule has 84 valence electrons. The highest BCUT2D eigenvalue weighted by molar-refractivity contribution is 5.46. The predicted molar refractivity (Wildman–Crippen MR) is 67.3 cm³/mol. The summed E-state index contributed by atoms with van der Waals surface area (Å²) in [5, 5.41) is 4.77. The fourth-order valence-electron chi connectivity index (χ4n) is 1.43. The first-order valence-electron chi connectivity index (χ1n) is 5.08. The SMILES string of the molecule is C=C(C)NC(=C)/C=c1/cc(F)cc/c1=C/C. The molecule has 1 aromatic carbocycles. The monoisotopic (exact) mass is 217 g/mol. The van der Waals surface area contributed by atoms with Gasteiger partial charge >= 0.3 is 0 Å². The molecule has 2 heteroatoms. The van der Waals surface area contributed by atoms with Gasteiger partial charge in [0, 0.05) is 11.4 Å². The second kappa shape index (κ2) is 5.31. The van der Waals surface area contributed by atoms with Crippen LogP contribution in [0.3, 0.4) is 0 Å². The van der Waals surface area contributed by atoms with Crippen LogP contribution in [0.2, 0.25) is 0 Å². The lowest BCUT2D eigenvalue weighted by atomic mass is 10.2. The molecule has 0 radical (unpaired) electrons. The van der Waals surface area contributed by atoms with Crippen molar-refractivity contribution in [3.05, 3.63) is 59.0 Å². The first-order valence-corrected chi connectivity index (χ1v) is 5.08. The summed E-state index contributed by atoms with van der Waals surface area (Å²) in [4.78, 5) is 0. The van der Waals surface area contributed by atoms with Gasteiger partial charge < -0.3 is 5.32 Å². The molecule has 0 bridgehead atoms. The van der Waals surface area contributed by atoms with E-state index >= 15 is 0 Å². The maximum atomic E-state index is 13.1. The molecular formula is C14H16FN. The third-order valence-corrected chi connectivity index (χ3v) is 2.06. The van der Waals surface area contributed by atoms with Crippen LogP contribution in [0.4, 0.5) is 4.39 Å². The second-order valence-corrected chi connectivity index (χ2v) is 3.64. The molecule has 1 nitrogen and oxygen atoms in total. The average molecular weight is 217 g/mol. The van der Waals surface area contributed by atoms with Crippen LogP contribution in [0.1, 0.15) is 13.8 Å². The van der Waals surface area contributed by atoms with Crippen molar-refractivity contribution in [3.8, 4) is 0 Å². The fraction of sp³-hybridized carbons (Fsp3) is 0.143. The van der Waals surface area contributed by atoms with Gasteiger partial charge in [-0.3, -0.25) is 0 Å². The van der Waals surface area contributed by atoms with Gasteiger partial charge in [0.25, 0.3) is 0 Å². The molecule has 1 N–H and O–H groups in total. The van der Waals surface area contributed by atoms with E-state index in [2.05, 4.69) is 18.5 Å². The molecular weight excluding hydrogens is 201 g/mol. The highest BCUT2D eigenvalue weighted by atomic mass is 19.1. The summed E-state index contributed by atoms with van der Waals surface area (Å²) in [5.41, 5.74) is 1.50. The molecule has 0 amide bonds. The Bertz CT molecular complexity index is 526. The fourth-order valence-corrected chi connectivity index (χ4v) is 1.43. The molecule has 0 atom stereocenters. The van der Waals surface area contributed by atoms with Crippen molar-refractivity contribution in [2.75, 3.05) is 0 Å². The first kappa shape index (κ1) is 12.2. The van der Waals surface area contributed by atoms with E-state index in [-0.39, 0.29) is 5.82 Å². The Hall–Kier alpha value is -1.83. The van der Waals surface area contributed by atoms with E-state index in [1.807, 2.05) is 19.9 Å². The Labute approximate surface area is 95.3 Å². The zero-order valence-corrected chi connectivity index (χ0v) is 9.68. The predicted octanol–water partition coefficient (Wildman–Crippen LogP) is 2.04. The van der Waals surface area contributed by atoms with Crippen molar-refractivity contribution in [2.24, 2.45) is 0 Å². The Balaban J connectivity index is 3.21. The number of benzene rings is 1. The maximum Gasteiger partial charge on any atom is 0.123 e. The largest absolute Gasteiger partial charge is 0.360 e. The van der Waals surface area contributed by atoms with Crippen LogP contribution in [-0.2, 0) is 0 Å². The third kappa shape index (κ3) is 3.39. The van der Waals surface area contributed by atoms with Gasteiger partial charge in [0.15, 0.2) is 0 Å². The number of nitrogens with one attached hydrogen (secondary N) is 1. The summed E-state index contributed by atoms with van der Waals surface area (Å²) >= 11 is 0. The van der Waals surface area contributed by atoms with Crippen molar-refractivity contribution in [1.29, 1.82) is 0 Å². The van der Waals surface area contributed by atoms with Gasteiger partial charge in [-0.15, -0.1) is 0 Å². The molecule has 16 heavy (non-hydrogen) atoms. The highest BCUT2D eigenvalue weighted by Crippen LogP contribution is 1.92. The third-order valence-electron chi connectivity index (χ3n) is 2.06. The van der Waals surface area contributed by atoms with Gasteiger partial charge in [-0.25, -0.2) is 4.39 Å². The summed E-state index contributed by atoms with van der Waals surface area (Å²) in [6, 6.07) is 4.68. The molecule has 0 unspecified atom stereocenters. The standard InChI is InChI=1S/C14H16FN/c1-5-12-6-7-14(15)9-13(12)8-11(4)16-10(2)3/h5-9,16H,2,4H2,1,3H3/b12-5-,13-8-. The zero-order valence-electron chi connectivity index (χ0n) is 9.68. The number of rotatable bonds is 3. The van der Waals surface area contributed by atoms with Crippen molar-refractivity contribution in [1.82, 2.24) is 5.32 Å². The van der Waals surface area contributed by atoms with E-state index < -0.39 is 0 Å². The molecule has 0 heterocycles. The lowest BCUT2D eigenvalue weighted by Crippen LogP contribution is -2.25. The number of hydrogen-bond donors (Lipinski definition) is 1. The molecule has 0 fully saturated rings. The van der Waals surface area contributed by atoms with Crippen LogP contribution in [-0.4, -0.2) is 0 Å². The van der Waals surface area contributed by atoms with Crippen molar-refractivity contribution < 1.29 is 4.39 Å². The number of hydrogen-bond acceptors (Lipinski definition) is 1. The minimum Gasteiger partial charge on any atom is -0.360 e. The van der Waals surface area contributed by atoms with Crippen LogP contribution in [0, 0.1) is 5.82 Å². The van der Waals surface area contributed by atoms with Crippen LogP contribution in [0.15, 0.2) is 42.8 Å². The van der Waals surface area contributed by atoms with Crippen LogP contribution in [0.5, 0.6) is 0 Å². The van der Waals surface area contributed by atoms with Gasteiger partial charge in [0.05, 0.1) is 0 Å². The first-order chi connectivity index (χ1) is 7.52. The Kier molecular flexibility index (Phi) is 4.06. The smallest absolute Gasteiger partial charge is 0.123 e. The molecule has 0 saturated heterocycles. The van der Waals surface area contributed by atoms with Crippen LogP contribution < -0.4 is 15.8 Å². The summed E-state index contributed by atoms with van der Waals surface area (Å²) in [5.74, 6) is -0.250. The lowest BCUT2D eigenvalue weighted by molar-refractivity contribution is 0.626. The Morgan fingerprint density at radius 2 is 2.00 bits per heavy atom. The topological polar surface area (TPSA) is 12.0 Å². The Morgan fingerprint density at radius 1 is 1.31 bits per heavy atom. The van der Waals surface area contributed by atoms with E-state index in [1.165, 1.54) is 12.1 Å². The van der Waals surface area contributed by atoms with Gasteiger partial charge in [-0.05, 0) is 42.5 Å². The van der Waals surface area contributed by atoms with Crippen LogP contribution >= 0.6 is 0 Å². The van der Waals surface area contributed by atoms with E-state index in [9.17, 15) is 4.39 Å². The molecule has 0 aliphatic carbocycles. The molecule has 0 spiro atoms. The second-order valence-electron chi connectivity index (χ2n) is 3.64. The van der Waals surface area contributed by atoms with Gasteiger partial charge in [-0.2, -0.15) is 0 Å². The molecule has 0 aliphatic rings. The minimum atomic E-state index is -0.250. The molecule has 1 aromatic rings. The molecule has 0 aromatic heterocycles. The quantitative estimate of drug-likeness (QED) is 0.817. The normalized spacial score (nSPS) is 12.7. The maximum absolute atomic E-state index is 13.1. The van der Waals surface area contributed by atoms with Gasteiger partial charge in [-0.1, -0.05) is 25.3 Å². The number of allylic oxidation sites excluding steroid dienone is 2. The minimum absolute atomic E-state index is 0.250. The summed E-state index contributed by atoms with van der Waals surface area (Å²) in [6.45, 7) is 11.3. The van der Waals surface area contributed by atoms with E-state index in [1.54, 1.807) is 12.1 Å². The number of halogens is 1. The van der Waals surface area contributed by atoms with E-state index in [0.29, 0.717) is 5.70 Å². The van der Waals surface area contributed by atoms with Crippen molar-refractivity contribution >= 4 is 12.2 Å². The molecule has 1 rings (SSSR count). The van der Waals surface area contributed by atoms with E-state index in [4.69, 9.17) is 0 Å². The molecule has 0 aliphatic heterocycles. The van der Waals surface area contributed by atoms with Crippen LogP contribution in [0.25, 0.3) is 12.2 Å². The average Bonchev–Trinajstić information content (AvgIpc) is 2.16. The summed E-state index contributed by atoms with van der Waals surface area (Å²) in [6.07, 6.45) is 3.73.